The fourth-order valence-electron chi connectivity index (χ4n) is 1.96. The quantitative estimate of drug-likeness (QED) is 0.589. The molecule has 1 saturated heterocycles. The predicted molar refractivity (Wildman–Crippen MR) is 87.3 cm³/mol. The summed E-state index contributed by atoms with van der Waals surface area (Å²) in [5, 5.41) is -0.0933. The van der Waals surface area contributed by atoms with Crippen LogP contribution < -0.4 is 11.5 Å². The number of nitrogens with two attached hydrogens (primary N) is 2. The van der Waals surface area contributed by atoms with E-state index in [1.165, 1.54) is 17.0 Å². The highest BCUT2D eigenvalue weighted by Gasteiger charge is 2.34. The number of benzene rings is 1. The van der Waals surface area contributed by atoms with Gasteiger partial charge in [-0.15, -0.1) is 12.4 Å². The number of halogens is 5. The van der Waals surface area contributed by atoms with Gasteiger partial charge < -0.3 is 16.4 Å². The summed E-state index contributed by atoms with van der Waals surface area (Å²) in [6.07, 6.45) is -0.568. The molecule has 0 atom stereocenters. The molecule has 0 aromatic heterocycles. The van der Waals surface area contributed by atoms with Crippen LogP contribution in [0.1, 0.15) is 12.8 Å². The molecular weight excluding hydrogens is 354 g/mol. The van der Waals surface area contributed by atoms with Crippen LogP contribution in [0.3, 0.4) is 0 Å². The Labute approximate surface area is 142 Å². The number of alkyl halides is 2. The Balaban J connectivity index is 0.00000264. The molecule has 0 aliphatic carbocycles. The summed E-state index contributed by atoms with van der Waals surface area (Å²) in [6, 6.07) is 3.81. The van der Waals surface area contributed by atoms with Crippen molar-refractivity contribution < 1.29 is 13.2 Å². The third kappa shape index (κ3) is 5.47. The standard InChI is InChI=1S/C13H15ClF3N5.ClH/c14-9-7-8(1-2-10(9)15)20-11(18)21-12(19)22-5-3-13(16,17)4-6-22;/h1-2,7H,3-6H2,(H4,18,19,20,21);1H. The van der Waals surface area contributed by atoms with Crippen LogP contribution in [0.4, 0.5) is 18.9 Å². The maximum Gasteiger partial charge on any atom is 0.251 e. The molecule has 2 rings (SSSR count). The highest BCUT2D eigenvalue weighted by molar-refractivity contribution is 6.31. The molecule has 1 fully saturated rings. The first-order valence-corrected chi connectivity index (χ1v) is 6.91. The monoisotopic (exact) mass is 369 g/mol. The van der Waals surface area contributed by atoms with Gasteiger partial charge in [-0.25, -0.2) is 18.2 Å². The van der Waals surface area contributed by atoms with Crippen LogP contribution in [0.2, 0.25) is 5.02 Å². The van der Waals surface area contributed by atoms with E-state index in [1.807, 2.05) is 0 Å². The third-order valence-electron chi connectivity index (χ3n) is 3.19. The fraction of sp³-hybridized carbons (Fsp3) is 0.385. The minimum atomic E-state index is -2.67. The van der Waals surface area contributed by atoms with Gasteiger partial charge in [0.25, 0.3) is 5.92 Å². The second kappa shape index (κ2) is 7.74. The lowest BCUT2D eigenvalue weighted by Gasteiger charge is -2.32. The molecule has 0 amide bonds. The first-order valence-electron chi connectivity index (χ1n) is 6.53. The molecule has 1 aliphatic rings. The van der Waals surface area contributed by atoms with Crippen molar-refractivity contribution in [1.82, 2.24) is 4.90 Å². The molecule has 4 N–H and O–H groups in total. The van der Waals surface area contributed by atoms with Crippen LogP contribution in [0.25, 0.3) is 0 Å². The van der Waals surface area contributed by atoms with Crippen molar-refractivity contribution in [1.29, 1.82) is 0 Å². The van der Waals surface area contributed by atoms with E-state index < -0.39 is 11.7 Å². The molecule has 1 aliphatic heterocycles. The summed E-state index contributed by atoms with van der Waals surface area (Å²) in [7, 11) is 0. The molecule has 0 bridgehead atoms. The minimum absolute atomic E-state index is 0. The molecule has 128 valence electrons. The van der Waals surface area contributed by atoms with Gasteiger partial charge in [-0.1, -0.05) is 11.6 Å². The molecule has 10 heteroatoms. The topological polar surface area (TPSA) is 80.0 Å². The largest absolute Gasteiger partial charge is 0.369 e. The van der Waals surface area contributed by atoms with Crippen LogP contribution in [0.5, 0.6) is 0 Å². The zero-order valence-electron chi connectivity index (χ0n) is 12.0. The SMILES string of the molecule is Cl.NC(=Nc1ccc(F)c(Cl)c1)N=C(N)N1CCC(F)(F)CC1. The van der Waals surface area contributed by atoms with E-state index in [-0.39, 0.29) is 55.3 Å². The number of piperidine rings is 1. The Bertz CT molecular complexity index is 612. The zero-order valence-corrected chi connectivity index (χ0v) is 13.5. The maximum atomic E-state index is 13.1. The first-order chi connectivity index (χ1) is 10.3. The fourth-order valence-corrected chi connectivity index (χ4v) is 2.14. The van der Waals surface area contributed by atoms with Gasteiger partial charge in [-0.2, -0.15) is 4.99 Å². The Morgan fingerprint density at radius 2 is 1.83 bits per heavy atom. The number of hydrogen-bond acceptors (Lipinski definition) is 1. The first kappa shape index (κ1) is 19.4. The molecule has 1 heterocycles. The van der Waals surface area contributed by atoms with Crippen molar-refractivity contribution in [3.63, 3.8) is 0 Å². The van der Waals surface area contributed by atoms with Crippen molar-refractivity contribution in [2.45, 2.75) is 18.8 Å². The molecule has 0 saturated carbocycles. The molecule has 0 spiro atoms. The average Bonchev–Trinajstić information content (AvgIpc) is 2.42. The number of hydrogen-bond donors (Lipinski definition) is 2. The summed E-state index contributed by atoms with van der Waals surface area (Å²) < 4.78 is 39.2. The molecular formula is C13H16Cl2F3N5. The van der Waals surface area contributed by atoms with Crippen molar-refractivity contribution in [2.24, 2.45) is 21.5 Å². The van der Waals surface area contributed by atoms with E-state index in [2.05, 4.69) is 9.98 Å². The maximum absolute atomic E-state index is 13.1. The van der Waals surface area contributed by atoms with Gasteiger partial charge in [0, 0.05) is 25.9 Å². The van der Waals surface area contributed by atoms with Gasteiger partial charge in [-0.3, -0.25) is 0 Å². The van der Waals surface area contributed by atoms with E-state index in [1.54, 1.807) is 0 Å². The summed E-state index contributed by atoms with van der Waals surface area (Å²) in [4.78, 5) is 9.30. The Kier molecular flexibility index (Phi) is 6.52. The highest BCUT2D eigenvalue weighted by Crippen LogP contribution is 2.27. The zero-order chi connectivity index (χ0) is 16.3. The smallest absolute Gasteiger partial charge is 0.251 e. The van der Waals surface area contributed by atoms with E-state index in [0.29, 0.717) is 5.69 Å². The second-order valence-corrected chi connectivity index (χ2v) is 5.29. The highest BCUT2D eigenvalue weighted by atomic mass is 35.5. The number of aliphatic imine (C=N–C) groups is 2. The van der Waals surface area contributed by atoms with Gasteiger partial charge in [0.2, 0.25) is 5.96 Å². The number of guanidine groups is 2. The second-order valence-electron chi connectivity index (χ2n) is 4.88. The summed E-state index contributed by atoms with van der Waals surface area (Å²) >= 11 is 5.63. The molecule has 1 aromatic rings. The van der Waals surface area contributed by atoms with Crippen LogP contribution in [0, 0.1) is 5.82 Å². The lowest BCUT2D eigenvalue weighted by Crippen LogP contribution is -2.46. The van der Waals surface area contributed by atoms with E-state index in [4.69, 9.17) is 23.1 Å². The van der Waals surface area contributed by atoms with Crippen molar-refractivity contribution in [3.05, 3.63) is 29.0 Å². The van der Waals surface area contributed by atoms with Crippen molar-refractivity contribution >= 4 is 41.6 Å². The Morgan fingerprint density at radius 3 is 2.39 bits per heavy atom. The van der Waals surface area contributed by atoms with Crippen molar-refractivity contribution in [3.8, 4) is 0 Å². The Morgan fingerprint density at radius 1 is 1.22 bits per heavy atom. The lowest BCUT2D eigenvalue weighted by molar-refractivity contribution is -0.0435. The normalized spacial score (nSPS) is 18.5. The number of likely N-dealkylation sites (tertiary alicyclic amines) is 1. The van der Waals surface area contributed by atoms with Gasteiger partial charge in [-0.05, 0) is 18.2 Å². The molecule has 0 unspecified atom stereocenters. The van der Waals surface area contributed by atoms with Crippen molar-refractivity contribution in [2.75, 3.05) is 13.1 Å². The molecule has 5 nitrogen and oxygen atoms in total. The third-order valence-corrected chi connectivity index (χ3v) is 3.48. The summed E-state index contributed by atoms with van der Waals surface area (Å²) in [6.45, 7) is 0.190. The summed E-state index contributed by atoms with van der Waals surface area (Å²) in [5.41, 5.74) is 11.7. The lowest BCUT2D eigenvalue weighted by atomic mass is 10.1. The van der Waals surface area contributed by atoms with E-state index >= 15 is 0 Å². The van der Waals surface area contributed by atoms with Crippen LogP contribution >= 0.6 is 24.0 Å². The molecule has 23 heavy (non-hydrogen) atoms. The average molecular weight is 370 g/mol. The van der Waals surface area contributed by atoms with E-state index in [9.17, 15) is 13.2 Å². The Hall–Kier alpha value is -1.67. The van der Waals surface area contributed by atoms with E-state index in [0.717, 1.165) is 6.07 Å². The molecule has 0 radical (unpaired) electrons. The van der Waals surface area contributed by atoms with Crippen LogP contribution in [0.15, 0.2) is 28.2 Å². The van der Waals surface area contributed by atoms with Crippen LogP contribution in [-0.4, -0.2) is 35.8 Å². The summed E-state index contributed by atoms with van der Waals surface area (Å²) in [5.74, 6) is -3.39. The number of rotatable bonds is 1. The van der Waals surface area contributed by atoms with Gasteiger partial charge in [0.1, 0.15) is 5.82 Å². The minimum Gasteiger partial charge on any atom is -0.369 e. The van der Waals surface area contributed by atoms with Gasteiger partial charge in [0.15, 0.2) is 5.96 Å². The predicted octanol–water partition coefficient (Wildman–Crippen LogP) is 2.89. The number of nitrogens with zero attached hydrogens (tertiary/aromatic N) is 3. The van der Waals surface area contributed by atoms with Gasteiger partial charge in [0.05, 0.1) is 10.7 Å². The van der Waals surface area contributed by atoms with Gasteiger partial charge >= 0.3 is 0 Å². The van der Waals surface area contributed by atoms with Crippen LogP contribution in [-0.2, 0) is 0 Å². The molecule has 1 aromatic carbocycles.